The molecule has 4 N–H and O–H groups in total. The summed E-state index contributed by atoms with van der Waals surface area (Å²) in [6.07, 6.45) is -0.716. The highest BCUT2D eigenvalue weighted by atomic mass is 32.1. The van der Waals surface area contributed by atoms with E-state index in [1.54, 1.807) is 29.8 Å². The highest BCUT2D eigenvalue weighted by Crippen LogP contribution is 2.21. The summed E-state index contributed by atoms with van der Waals surface area (Å²) in [7, 11) is 0. The van der Waals surface area contributed by atoms with Crippen LogP contribution in [0.3, 0.4) is 0 Å². The largest absolute Gasteiger partial charge is 0.384 e. The highest BCUT2D eigenvalue weighted by Gasteiger charge is 2.12. The van der Waals surface area contributed by atoms with Crippen molar-refractivity contribution in [2.75, 3.05) is 0 Å². The Hall–Kier alpha value is -1.72. The second-order valence-corrected chi connectivity index (χ2v) is 4.07. The average Bonchev–Trinajstić information content (AvgIpc) is 2.81. The highest BCUT2D eigenvalue weighted by molar-refractivity contribution is 7.07. The summed E-state index contributed by atoms with van der Waals surface area (Å²) < 4.78 is 0. The summed E-state index contributed by atoms with van der Waals surface area (Å²) in [5.41, 5.74) is 9.06. The first-order valence-corrected chi connectivity index (χ1v) is 5.63. The van der Waals surface area contributed by atoms with Crippen molar-refractivity contribution in [3.8, 4) is 0 Å². The fourth-order valence-corrected chi connectivity index (χ4v) is 1.95. The molecule has 4 nitrogen and oxygen atoms in total. The van der Waals surface area contributed by atoms with Gasteiger partial charge in [0.2, 0.25) is 0 Å². The van der Waals surface area contributed by atoms with Crippen molar-refractivity contribution in [2.45, 2.75) is 6.10 Å². The molecule has 16 heavy (non-hydrogen) atoms. The number of aliphatic hydroxyl groups is 1. The van der Waals surface area contributed by atoms with Gasteiger partial charge in [-0.1, -0.05) is 24.3 Å². The molecule has 0 aliphatic heterocycles. The molecule has 0 radical (unpaired) electrons. The number of hydrogen-bond acceptors (Lipinski definition) is 4. The normalized spacial score (nSPS) is 12.3. The zero-order valence-corrected chi connectivity index (χ0v) is 9.24. The molecule has 0 aliphatic carbocycles. The maximum absolute atomic E-state index is 9.97. The maximum Gasteiger partial charge on any atom is 0.122 e. The van der Waals surface area contributed by atoms with E-state index >= 15 is 0 Å². The molecule has 0 bridgehead atoms. The Morgan fingerprint density at radius 3 is 2.56 bits per heavy atom. The van der Waals surface area contributed by atoms with Crippen molar-refractivity contribution in [3.63, 3.8) is 0 Å². The van der Waals surface area contributed by atoms with Crippen LogP contribution in [-0.2, 0) is 0 Å². The molecule has 2 rings (SSSR count). The Kier molecular flexibility index (Phi) is 2.98. The summed E-state index contributed by atoms with van der Waals surface area (Å²) in [5, 5.41) is 19.0. The van der Waals surface area contributed by atoms with Crippen LogP contribution in [-0.4, -0.2) is 15.9 Å². The lowest BCUT2D eigenvalue weighted by Gasteiger charge is -2.08. The lowest BCUT2D eigenvalue weighted by molar-refractivity contribution is 0.216. The Morgan fingerprint density at radius 1 is 1.38 bits per heavy atom. The molecular weight excluding hydrogens is 222 g/mol. The van der Waals surface area contributed by atoms with Gasteiger partial charge < -0.3 is 10.8 Å². The number of nitrogens with zero attached hydrogens (tertiary/aromatic N) is 1. The number of aromatic nitrogens is 1. The molecular formula is C11H11N3OS. The number of nitrogens with two attached hydrogens (primary N) is 1. The smallest absolute Gasteiger partial charge is 0.122 e. The van der Waals surface area contributed by atoms with Crippen LogP contribution in [0.1, 0.15) is 22.9 Å². The Morgan fingerprint density at radius 2 is 2.06 bits per heavy atom. The first kappa shape index (κ1) is 10.8. The standard InChI is InChI=1S/C11H11N3OS/c12-11(13)8-3-1-7(2-4-8)10(15)9-5-16-6-14-9/h1-6,10,15H,(H3,12,13). The first-order valence-electron chi connectivity index (χ1n) is 4.69. The SMILES string of the molecule is N=C(N)c1ccc(C(O)c2cscn2)cc1. The van der Waals surface area contributed by atoms with Crippen molar-refractivity contribution in [3.05, 3.63) is 52.0 Å². The van der Waals surface area contributed by atoms with Crippen molar-refractivity contribution >= 4 is 17.2 Å². The van der Waals surface area contributed by atoms with E-state index in [9.17, 15) is 5.11 Å². The van der Waals surface area contributed by atoms with Crippen molar-refractivity contribution in [1.82, 2.24) is 4.98 Å². The van der Waals surface area contributed by atoms with Crippen LogP contribution in [0.25, 0.3) is 0 Å². The molecule has 0 fully saturated rings. The minimum Gasteiger partial charge on any atom is -0.384 e. The van der Waals surface area contributed by atoms with Crippen molar-refractivity contribution in [2.24, 2.45) is 5.73 Å². The predicted octanol–water partition coefficient (Wildman–Crippen LogP) is 1.51. The van der Waals surface area contributed by atoms with E-state index in [1.165, 1.54) is 11.3 Å². The van der Waals surface area contributed by atoms with Crippen LogP contribution in [0.2, 0.25) is 0 Å². The van der Waals surface area contributed by atoms with Crippen LogP contribution in [0.4, 0.5) is 0 Å². The van der Waals surface area contributed by atoms with E-state index < -0.39 is 6.10 Å². The van der Waals surface area contributed by atoms with Gasteiger partial charge in [-0.05, 0) is 5.56 Å². The number of rotatable bonds is 3. The van der Waals surface area contributed by atoms with Gasteiger partial charge in [-0.3, -0.25) is 5.41 Å². The predicted molar refractivity (Wildman–Crippen MR) is 63.6 cm³/mol. The molecule has 5 heteroatoms. The molecule has 2 aromatic rings. The number of aliphatic hydroxyl groups excluding tert-OH is 1. The molecule has 1 aromatic carbocycles. The zero-order chi connectivity index (χ0) is 11.5. The zero-order valence-electron chi connectivity index (χ0n) is 8.42. The third-order valence-corrected chi connectivity index (χ3v) is 2.87. The summed E-state index contributed by atoms with van der Waals surface area (Å²) in [6.45, 7) is 0. The van der Waals surface area contributed by atoms with Crippen LogP contribution in [0, 0.1) is 5.41 Å². The number of nitrogens with one attached hydrogen (secondary N) is 1. The van der Waals surface area contributed by atoms with E-state index in [0.717, 1.165) is 5.56 Å². The third-order valence-electron chi connectivity index (χ3n) is 2.27. The Balaban J connectivity index is 2.25. The van der Waals surface area contributed by atoms with E-state index in [1.807, 2.05) is 5.38 Å². The Labute approximate surface area is 96.9 Å². The van der Waals surface area contributed by atoms with Crippen LogP contribution >= 0.6 is 11.3 Å². The van der Waals surface area contributed by atoms with Gasteiger partial charge in [0.05, 0.1) is 11.2 Å². The lowest BCUT2D eigenvalue weighted by Crippen LogP contribution is -2.11. The van der Waals surface area contributed by atoms with Crippen molar-refractivity contribution in [1.29, 1.82) is 5.41 Å². The minimum absolute atomic E-state index is 0.0229. The third kappa shape index (κ3) is 2.10. The summed E-state index contributed by atoms with van der Waals surface area (Å²) in [6, 6.07) is 6.93. The van der Waals surface area contributed by atoms with Gasteiger partial charge in [0.15, 0.2) is 0 Å². The fourth-order valence-electron chi connectivity index (χ4n) is 1.37. The molecule has 1 atom stereocenters. The summed E-state index contributed by atoms with van der Waals surface area (Å²) in [4.78, 5) is 4.05. The van der Waals surface area contributed by atoms with Gasteiger partial charge in [0.1, 0.15) is 11.9 Å². The van der Waals surface area contributed by atoms with Crippen molar-refractivity contribution < 1.29 is 5.11 Å². The fraction of sp³-hybridized carbons (Fsp3) is 0.0909. The molecule has 0 amide bonds. The van der Waals surface area contributed by atoms with Gasteiger partial charge in [-0.15, -0.1) is 11.3 Å². The summed E-state index contributed by atoms with van der Waals surface area (Å²) >= 11 is 1.45. The van der Waals surface area contributed by atoms with E-state index in [2.05, 4.69) is 4.98 Å². The molecule has 1 unspecified atom stereocenters. The van der Waals surface area contributed by atoms with Gasteiger partial charge >= 0.3 is 0 Å². The van der Waals surface area contributed by atoms with Crippen LogP contribution < -0.4 is 5.73 Å². The average molecular weight is 233 g/mol. The maximum atomic E-state index is 9.97. The molecule has 0 spiro atoms. The lowest BCUT2D eigenvalue weighted by atomic mass is 10.0. The van der Waals surface area contributed by atoms with E-state index in [4.69, 9.17) is 11.1 Å². The topological polar surface area (TPSA) is 83.0 Å². The molecule has 82 valence electrons. The van der Waals surface area contributed by atoms with Gasteiger partial charge in [-0.25, -0.2) is 4.98 Å². The number of hydrogen-bond donors (Lipinski definition) is 3. The second-order valence-electron chi connectivity index (χ2n) is 3.35. The number of benzene rings is 1. The number of amidine groups is 1. The second kappa shape index (κ2) is 4.42. The summed E-state index contributed by atoms with van der Waals surface area (Å²) in [5.74, 6) is 0.0229. The van der Waals surface area contributed by atoms with Gasteiger partial charge in [0.25, 0.3) is 0 Å². The van der Waals surface area contributed by atoms with Crippen LogP contribution in [0.5, 0.6) is 0 Å². The molecule has 0 saturated carbocycles. The van der Waals surface area contributed by atoms with E-state index in [-0.39, 0.29) is 5.84 Å². The molecule has 0 aliphatic rings. The quantitative estimate of drug-likeness (QED) is 0.555. The molecule has 1 heterocycles. The van der Waals surface area contributed by atoms with Gasteiger partial charge in [0, 0.05) is 10.9 Å². The first-order chi connectivity index (χ1) is 7.68. The Bertz CT molecular complexity index is 478. The minimum atomic E-state index is -0.716. The van der Waals surface area contributed by atoms with E-state index in [0.29, 0.717) is 11.3 Å². The molecule has 0 saturated heterocycles. The number of nitrogen functional groups attached to an aromatic ring is 1. The van der Waals surface area contributed by atoms with Gasteiger partial charge in [-0.2, -0.15) is 0 Å². The number of thiazole rings is 1. The van der Waals surface area contributed by atoms with Crippen LogP contribution in [0.15, 0.2) is 35.2 Å². The molecule has 1 aromatic heterocycles. The monoisotopic (exact) mass is 233 g/mol.